The van der Waals surface area contributed by atoms with Crippen LogP contribution in [-0.2, 0) is 4.79 Å². The van der Waals surface area contributed by atoms with Crippen LogP contribution in [0.15, 0.2) is 0 Å². The molecule has 1 heterocycles. The zero-order chi connectivity index (χ0) is 13.6. The molecular weight excluding hydrogens is 224 g/mol. The van der Waals surface area contributed by atoms with Crippen LogP contribution < -0.4 is 0 Å². The highest BCUT2D eigenvalue weighted by Gasteiger charge is 2.28. The van der Waals surface area contributed by atoms with E-state index in [0.717, 1.165) is 38.8 Å². The van der Waals surface area contributed by atoms with Gasteiger partial charge in [0.1, 0.15) is 6.29 Å². The Balaban J connectivity index is 2.44. The first-order valence-electron chi connectivity index (χ1n) is 7.43. The maximum absolute atomic E-state index is 11.3. The number of carbonyl (C=O) groups excluding carboxylic acids is 1. The zero-order valence-electron chi connectivity index (χ0n) is 12.6. The molecule has 1 saturated heterocycles. The van der Waals surface area contributed by atoms with Crippen LogP contribution in [-0.4, -0.2) is 55.4 Å². The van der Waals surface area contributed by atoms with Crippen LogP contribution in [0.2, 0.25) is 0 Å². The molecule has 0 radical (unpaired) electrons. The molecule has 3 heteroatoms. The molecule has 0 bridgehead atoms. The summed E-state index contributed by atoms with van der Waals surface area (Å²) < 4.78 is 0. The van der Waals surface area contributed by atoms with E-state index in [1.54, 1.807) is 0 Å². The van der Waals surface area contributed by atoms with Crippen molar-refractivity contribution in [3.8, 4) is 0 Å². The smallest absolute Gasteiger partial charge is 0.127 e. The second-order valence-corrected chi connectivity index (χ2v) is 6.14. The van der Waals surface area contributed by atoms with E-state index in [4.69, 9.17) is 0 Å². The van der Waals surface area contributed by atoms with Crippen molar-refractivity contribution in [3.05, 3.63) is 0 Å². The quantitative estimate of drug-likeness (QED) is 0.622. The fourth-order valence-electron chi connectivity index (χ4n) is 3.31. The summed E-state index contributed by atoms with van der Waals surface area (Å²) in [4.78, 5) is 16.2. The number of likely N-dealkylation sites (tertiary alicyclic amines) is 1. The largest absolute Gasteiger partial charge is 0.304 e. The topological polar surface area (TPSA) is 23.6 Å². The van der Waals surface area contributed by atoms with Gasteiger partial charge >= 0.3 is 0 Å². The third-order valence-corrected chi connectivity index (χ3v) is 4.16. The van der Waals surface area contributed by atoms with Gasteiger partial charge in [0.15, 0.2) is 0 Å². The molecular formula is C15H30N2O. The second kappa shape index (κ2) is 7.25. The van der Waals surface area contributed by atoms with Crippen molar-refractivity contribution < 1.29 is 4.79 Å². The lowest BCUT2D eigenvalue weighted by atomic mass is 9.87. The first kappa shape index (κ1) is 15.6. The van der Waals surface area contributed by atoms with Gasteiger partial charge in [-0.25, -0.2) is 0 Å². The van der Waals surface area contributed by atoms with Crippen LogP contribution in [0.5, 0.6) is 0 Å². The molecule has 0 aromatic heterocycles. The molecule has 0 amide bonds. The maximum Gasteiger partial charge on any atom is 0.127 e. The second-order valence-electron chi connectivity index (χ2n) is 6.14. The van der Waals surface area contributed by atoms with Gasteiger partial charge < -0.3 is 9.69 Å². The Labute approximate surface area is 113 Å². The highest BCUT2D eigenvalue weighted by atomic mass is 16.1. The van der Waals surface area contributed by atoms with Gasteiger partial charge in [0.05, 0.1) is 0 Å². The fraction of sp³-hybridized carbons (Fsp3) is 0.933. The first-order valence-corrected chi connectivity index (χ1v) is 7.43. The maximum atomic E-state index is 11.3. The van der Waals surface area contributed by atoms with Crippen LogP contribution >= 0.6 is 0 Å². The van der Waals surface area contributed by atoms with E-state index in [-0.39, 0.29) is 5.41 Å². The summed E-state index contributed by atoms with van der Waals surface area (Å²) in [5, 5.41) is 0. The van der Waals surface area contributed by atoms with Gasteiger partial charge in [-0.15, -0.1) is 0 Å². The number of carbonyl (C=O) groups is 1. The van der Waals surface area contributed by atoms with Gasteiger partial charge in [0.25, 0.3) is 0 Å². The molecule has 106 valence electrons. The number of rotatable bonds is 8. The standard InChI is InChI=1S/C15H30N2O/c1-5-9-15(3,13-18)12-16(4)11-14-8-7-10-17(14)6-2/h13-14H,5-12H2,1-4H3. The van der Waals surface area contributed by atoms with E-state index in [1.807, 2.05) is 0 Å². The molecule has 1 aliphatic heterocycles. The lowest BCUT2D eigenvalue weighted by Gasteiger charge is -2.32. The molecule has 2 unspecified atom stereocenters. The number of nitrogens with zero attached hydrogens (tertiary/aromatic N) is 2. The molecule has 3 nitrogen and oxygen atoms in total. The average molecular weight is 254 g/mol. The van der Waals surface area contributed by atoms with Crippen LogP contribution in [0.3, 0.4) is 0 Å². The normalized spacial score (nSPS) is 24.4. The van der Waals surface area contributed by atoms with Crippen molar-refractivity contribution in [1.82, 2.24) is 9.80 Å². The van der Waals surface area contributed by atoms with Crippen molar-refractivity contribution in [1.29, 1.82) is 0 Å². The van der Waals surface area contributed by atoms with Crippen LogP contribution in [0.4, 0.5) is 0 Å². The lowest BCUT2D eigenvalue weighted by Crippen LogP contribution is -2.43. The summed E-state index contributed by atoms with van der Waals surface area (Å²) in [6.07, 6.45) is 5.85. The van der Waals surface area contributed by atoms with Crippen molar-refractivity contribution in [2.45, 2.75) is 52.5 Å². The molecule has 0 saturated carbocycles. The first-order chi connectivity index (χ1) is 8.54. The summed E-state index contributed by atoms with van der Waals surface area (Å²) in [6.45, 7) is 10.9. The third-order valence-electron chi connectivity index (χ3n) is 4.16. The lowest BCUT2D eigenvalue weighted by molar-refractivity contribution is -0.116. The van der Waals surface area contributed by atoms with E-state index in [1.165, 1.54) is 19.4 Å². The Morgan fingerprint density at radius 1 is 1.44 bits per heavy atom. The van der Waals surface area contributed by atoms with Gasteiger partial charge in [-0.05, 0) is 39.4 Å². The molecule has 1 aliphatic rings. The van der Waals surface area contributed by atoms with Crippen LogP contribution in [0, 0.1) is 5.41 Å². The minimum Gasteiger partial charge on any atom is -0.304 e. The fourth-order valence-corrected chi connectivity index (χ4v) is 3.31. The Morgan fingerprint density at radius 3 is 2.72 bits per heavy atom. The average Bonchev–Trinajstić information content (AvgIpc) is 2.76. The number of hydrogen-bond donors (Lipinski definition) is 0. The summed E-state index contributed by atoms with van der Waals surface area (Å²) in [7, 11) is 2.16. The minimum atomic E-state index is -0.168. The minimum absolute atomic E-state index is 0.168. The summed E-state index contributed by atoms with van der Waals surface area (Å²) >= 11 is 0. The van der Waals surface area contributed by atoms with Crippen molar-refractivity contribution in [2.75, 3.05) is 33.2 Å². The molecule has 1 rings (SSSR count). The van der Waals surface area contributed by atoms with E-state index < -0.39 is 0 Å². The third kappa shape index (κ3) is 4.36. The molecule has 0 aromatic carbocycles. The van der Waals surface area contributed by atoms with E-state index in [0.29, 0.717) is 6.04 Å². The predicted octanol–water partition coefficient (Wildman–Crippen LogP) is 2.41. The number of hydrogen-bond acceptors (Lipinski definition) is 3. The summed E-state index contributed by atoms with van der Waals surface area (Å²) in [6, 6.07) is 0.692. The van der Waals surface area contributed by atoms with E-state index in [9.17, 15) is 4.79 Å². The monoisotopic (exact) mass is 254 g/mol. The molecule has 0 spiro atoms. The molecule has 18 heavy (non-hydrogen) atoms. The number of aldehydes is 1. The molecule has 0 aromatic rings. The van der Waals surface area contributed by atoms with Crippen LogP contribution in [0.25, 0.3) is 0 Å². The Morgan fingerprint density at radius 2 is 2.17 bits per heavy atom. The van der Waals surface area contributed by atoms with Crippen molar-refractivity contribution in [3.63, 3.8) is 0 Å². The number of likely N-dealkylation sites (N-methyl/N-ethyl adjacent to an activating group) is 2. The molecule has 0 N–H and O–H groups in total. The van der Waals surface area contributed by atoms with Gasteiger partial charge in [-0.1, -0.05) is 27.2 Å². The van der Waals surface area contributed by atoms with E-state index in [2.05, 4.69) is 37.6 Å². The summed E-state index contributed by atoms with van der Waals surface area (Å²) in [5.74, 6) is 0. The Hall–Kier alpha value is -0.410. The Kier molecular flexibility index (Phi) is 6.30. The van der Waals surface area contributed by atoms with Crippen molar-refractivity contribution in [2.24, 2.45) is 5.41 Å². The van der Waals surface area contributed by atoms with Gasteiger partial charge in [-0.3, -0.25) is 4.90 Å². The summed E-state index contributed by atoms with van der Waals surface area (Å²) in [5.41, 5.74) is -0.168. The SMILES string of the molecule is CCCC(C)(C=O)CN(C)CC1CCCN1CC. The predicted molar refractivity (Wildman–Crippen MR) is 76.8 cm³/mol. The highest BCUT2D eigenvalue weighted by molar-refractivity contribution is 5.58. The Bertz CT molecular complexity index is 257. The zero-order valence-corrected chi connectivity index (χ0v) is 12.6. The van der Waals surface area contributed by atoms with Crippen molar-refractivity contribution >= 4 is 6.29 Å². The van der Waals surface area contributed by atoms with Crippen LogP contribution in [0.1, 0.15) is 46.5 Å². The van der Waals surface area contributed by atoms with E-state index >= 15 is 0 Å². The van der Waals surface area contributed by atoms with Gasteiger partial charge in [-0.2, -0.15) is 0 Å². The molecule has 1 fully saturated rings. The highest BCUT2D eigenvalue weighted by Crippen LogP contribution is 2.23. The molecule has 2 atom stereocenters. The van der Waals surface area contributed by atoms with Gasteiger partial charge in [0.2, 0.25) is 0 Å². The molecule has 0 aliphatic carbocycles. The van der Waals surface area contributed by atoms with Gasteiger partial charge in [0, 0.05) is 24.5 Å².